The van der Waals surface area contributed by atoms with Gasteiger partial charge in [0.05, 0.1) is 12.8 Å². The Morgan fingerprint density at radius 3 is 2.59 bits per heavy atom. The number of ether oxygens (including phenoxy) is 1. The molecule has 0 aliphatic heterocycles. The topological polar surface area (TPSA) is 57.9 Å². The van der Waals surface area contributed by atoms with Crippen molar-refractivity contribution in [3.8, 4) is 17.0 Å². The summed E-state index contributed by atoms with van der Waals surface area (Å²) in [5.41, 5.74) is 2.64. The van der Waals surface area contributed by atoms with Crippen molar-refractivity contribution in [3.05, 3.63) is 40.4 Å². The Labute approximate surface area is 99.7 Å². The van der Waals surface area contributed by atoms with Crippen LogP contribution in [0.3, 0.4) is 0 Å². The number of aromatic amines is 2. The average Bonchev–Trinajstić information content (AvgIpc) is 2.74. The Bertz CT molecular complexity index is 567. The Morgan fingerprint density at radius 2 is 2.06 bits per heavy atom. The second-order valence-electron chi connectivity index (χ2n) is 4.27. The van der Waals surface area contributed by atoms with E-state index in [0.29, 0.717) is 5.92 Å². The quantitative estimate of drug-likeness (QED) is 0.854. The smallest absolute Gasteiger partial charge is 0.323 e. The van der Waals surface area contributed by atoms with E-state index in [9.17, 15) is 4.79 Å². The highest BCUT2D eigenvalue weighted by atomic mass is 16.5. The summed E-state index contributed by atoms with van der Waals surface area (Å²) in [7, 11) is 1.62. The van der Waals surface area contributed by atoms with E-state index >= 15 is 0 Å². The molecule has 0 aliphatic rings. The second kappa shape index (κ2) is 4.49. The molecule has 0 radical (unpaired) electrons. The lowest BCUT2D eigenvalue weighted by Gasteiger charge is -2.11. The van der Waals surface area contributed by atoms with E-state index in [-0.39, 0.29) is 5.69 Å². The van der Waals surface area contributed by atoms with Gasteiger partial charge in [-0.15, -0.1) is 0 Å². The lowest BCUT2D eigenvalue weighted by atomic mass is 9.99. The van der Waals surface area contributed by atoms with E-state index in [0.717, 1.165) is 17.0 Å². The number of methoxy groups -OCH3 is 1. The number of hydrogen-bond donors (Lipinski definition) is 2. The molecule has 4 heteroatoms. The van der Waals surface area contributed by atoms with Gasteiger partial charge < -0.3 is 14.7 Å². The number of aromatic nitrogens is 2. The third-order valence-corrected chi connectivity index (χ3v) is 2.78. The number of imidazole rings is 1. The van der Waals surface area contributed by atoms with Crippen LogP contribution in [0.2, 0.25) is 0 Å². The summed E-state index contributed by atoms with van der Waals surface area (Å²) in [6, 6.07) is 6.01. The molecule has 0 fully saturated rings. The normalized spacial score (nSPS) is 10.8. The molecule has 0 saturated carbocycles. The molecule has 0 unspecified atom stereocenters. The fourth-order valence-electron chi connectivity index (χ4n) is 1.77. The summed E-state index contributed by atoms with van der Waals surface area (Å²) in [6.07, 6.45) is 1.66. The number of hydrogen-bond acceptors (Lipinski definition) is 2. The molecular formula is C13H16N2O2. The molecule has 0 saturated heterocycles. The van der Waals surface area contributed by atoms with Crippen LogP contribution in [0.15, 0.2) is 29.2 Å². The van der Waals surface area contributed by atoms with Crippen molar-refractivity contribution in [3.63, 3.8) is 0 Å². The Kier molecular flexibility index (Phi) is 3.04. The van der Waals surface area contributed by atoms with Crippen molar-refractivity contribution in [1.29, 1.82) is 0 Å². The summed E-state index contributed by atoms with van der Waals surface area (Å²) in [5.74, 6) is 1.19. The zero-order valence-corrected chi connectivity index (χ0v) is 10.2. The van der Waals surface area contributed by atoms with Gasteiger partial charge in [0.1, 0.15) is 5.75 Å². The van der Waals surface area contributed by atoms with E-state index in [1.54, 1.807) is 13.3 Å². The van der Waals surface area contributed by atoms with Gasteiger partial charge in [-0.2, -0.15) is 0 Å². The molecule has 1 aromatic carbocycles. The standard InChI is InChI=1S/C13H16N2O2/c1-8(2)9-4-5-12(17-3)10(6-9)11-7-14-13(16)15-11/h4-8H,1-3H3,(H2,14,15,16). The third kappa shape index (κ3) is 2.25. The molecule has 0 atom stereocenters. The van der Waals surface area contributed by atoms with Gasteiger partial charge in [-0.3, -0.25) is 0 Å². The minimum Gasteiger partial charge on any atom is -0.496 e. The number of rotatable bonds is 3. The maximum absolute atomic E-state index is 11.1. The minimum absolute atomic E-state index is 0.211. The fourth-order valence-corrected chi connectivity index (χ4v) is 1.77. The van der Waals surface area contributed by atoms with E-state index < -0.39 is 0 Å². The molecule has 90 valence electrons. The van der Waals surface area contributed by atoms with Crippen molar-refractivity contribution < 1.29 is 4.74 Å². The molecule has 1 aromatic heterocycles. The zero-order chi connectivity index (χ0) is 12.4. The van der Waals surface area contributed by atoms with Gasteiger partial charge in [-0.1, -0.05) is 19.9 Å². The van der Waals surface area contributed by atoms with Gasteiger partial charge in [0.25, 0.3) is 0 Å². The zero-order valence-electron chi connectivity index (χ0n) is 10.2. The third-order valence-electron chi connectivity index (χ3n) is 2.78. The van der Waals surface area contributed by atoms with Crippen LogP contribution in [-0.2, 0) is 0 Å². The van der Waals surface area contributed by atoms with Gasteiger partial charge in [-0.05, 0) is 23.6 Å². The predicted molar refractivity (Wildman–Crippen MR) is 67.5 cm³/mol. The molecule has 17 heavy (non-hydrogen) atoms. The molecule has 2 N–H and O–H groups in total. The van der Waals surface area contributed by atoms with Crippen LogP contribution in [0.1, 0.15) is 25.3 Å². The molecule has 1 heterocycles. The van der Waals surface area contributed by atoms with Gasteiger partial charge >= 0.3 is 5.69 Å². The lowest BCUT2D eigenvalue weighted by Crippen LogP contribution is -2.00. The highest BCUT2D eigenvalue weighted by Gasteiger charge is 2.10. The number of benzene rings is 1. The van der Waals surface area contributed by atoms with E-state index in [2.05, 4.69) is 23.8 Å². The summed E-state index contributed by atoms with van der Waals surface area (Å²) < 4.78 is 5.31. The summed E-state index contributed by atoms with van der Waals surface area (Å²) in [6.45, 7) is 4.26. The molecule has 0 bridgehead atoms. The molecule has 2 rings (SSSR count). The van der Waals surface area contributed by atoms with Crippen molar-refractivity contribution in [2.75, 3.05) is 7.11 Å². The van der Waals surface area contributed by atoms with Crippen molar-refractivity contribution in [2.45, 2.75) is 19.8 Å². The van der Waals surface area contributed by atoms with Gasteiger partial charge in [0, 0.05) is 11.8 Å². The van der Waals surface area contributed by atoms with E-state index in [1.165, 1.54) is 5.56 Å². The molecule has 4 nitrogen and oxygen atoms in total. The van der Waals surface area contributed by atoms with Gasteiger partial charge in [0.15, 0.2) is 0 Å². The van der Waals surface area contributed by atoms with Crippen molar-refractivity contribution >= 4 is 0 Å². The van der Waals surface area contributed by atoms with Gasteiger partial charge in [0.2, 0.25) is 0 Å². The first-order valence-corrected chi connectivity index (χ1v) is 5.58. The molecule has 2 aromatic rings. The first-order valence-electron chi connectivity index (χ1n) is 5.58. The van der Waals surface area contributed by atoms with Crippen LogP contribution in [0.5, 0.6) is 5.75 Å². The first-order chi connectivity index (χ1) is 8.11. The highest BCUT2D eigenvalue weighted by Crippen LogP contribution is 2.31. The molecule has 0 amide bonds. The summed E-state index contributed by atoms with van der Waals surface area (Å²) >= 11 is 0. The van der Waals surface area contributed by atoms with Crippen LogP contribution < -0.4 is 10.4 Å². The highest BCUT2D eigenvalue weighted by molar-refractivity contribution is 5.67. The SMILES string of the molecule is COc1ccc(C(C)C)cc1-c1c[nH]c(=O)[nH]1. The minimum atomic E-state index is -0.211. The first kappa shape index (κ1) is 11.5. The fraction of sp³-hybridized carbons (Fsp3) is 0.308. The maximum atomic E-state index is 11.1. The van der Waals surface area contributed by atoms with Crippen LogP contribution >= 0.6 is 0 Å². The monoisotopic (exact) mass is 232 g/mol. The van der Waals surface area contributed by atoms with Crippen LogP contribution in [0, 0.1) is 0 Å². The predicted octanol–water partition coefficient (Wildman–Crippen LogP) is 2.50. The van der Waals surface area contributed by atoms with Crippen LogP contribution in [0.4, 0.5) is 0 Å². The largest absolute Gasteiger partial charge is 0.496 e. The average molecular weight is 232 g/mol. The van der Waals surface area contributed by atoms with Crippen molar-refractivity contribution in [2.24, 2.45) is 0 Å². The van der Waals surface area contributed by atoms with Crippen molar-refractivity contribution in [1.82, 2.24) is 9.97 Å². The van der Waals surface area contributed by atoms with Crippen LogP contribution in [0.25, 0.3) is 11.3 Å². The van der Waals surface area contributed by atoms with E-state index in [1.807, 2.05) is 18.2 Å². The molecular weight excluding hydrogens is 216 g/mol. The number of H-pyrrole nitrogens is 2. The molecule has 0 aliphatic carbocycles. The van der Waals surface area contributed by atoms with E-state index in [4.69, 9.17) is 4.74 Å². The number of nitrogens with one attached hydrogen (secondary N) is 2. The lowest BCUT2D eigenvalue weighted by molar-refractivity contribution is 0.416. The van der Waals surface area contributed by atoms with Crippen LogP contribution in [-0.4, -0.2) is 17.1 Å². The molecule has 0 spiro atoms. The maximum Gasteiger partial charge on any atom is 0.323 e. The Hall–Kier alpha value is -1.97. The van der Waals surface area contributed by atoms with Gasteiger partial charge in [-0.25, -0.2) is 4.79 Å². The Balaban J connectivity index is 2.57. The summed E-state index contributed by atoms with van der Waals surface area (Å²) in [5, 5.41) is 0. The Morgan fingerprint density at radius 1 is 1.29 bits per heavy atom. The summed E-state index contributed by atoms with van der Waals surface area (Å²) in [4.78, 5) is 16.5. The second-order valence-corrected chi connectivity index (χ2v) is 4.27.